The monoisotopic (exact) mass is 609 g/mol. The van der Waals surface area contributed by atoms with Crippen LogP contribution in [0.5, 0.6) is 0 Å². The molecule has 45 heavy (non-hydrogen) atoms. The molecular weight excluding hydrogens is 587 g/mol. The first kappa shape index (κ1) is 25.0. The summed E-state index contributed by atoms with van der Waals surface area (Å²) < 4.78 is 6.26. The number of hydrogen-bond acceptors (Lipinski definition) is 4. The van der Waals surface area contributed by atoms with Crippen LogP contribution >= 0.6 is 22.7 Å². The number of hydrogen-bond donors (Lipinski definition) is 0. The molecule has 0 atom stereocenters. The Hall–Kier alpha value is -5.36. The lowest BCUT2D eigenvalue weighted by molar-refractivity contribution is 1.16. The second-order valence-corrected chi connectivity index (χ2v) is 13.5. The molecule has 0 unspecified atom stereocenters. The Morgan fingerprint density at radius 1 is 0.467 bits per heavy atom. The minimum Gasteiger partial charge on any atom is -0.308 e. The largest absolute Gasteiger partial charge is 0.308 e. The number of nitrogens with zero attached hydrogens (tertiary/aromatic N) is 3. The Bertz CT molecular complexity index is 2770. The van der Waals surface area contributed by atoms with Gasteiger partial charge >= 0.3 is 0 Å². The van der Waals surface area contributed by atoms with Crippen LogP contribution in [0.25, 0.3) is 90.6 Å². The molecule has 6 aromatic carbocycles. The van der Waals surface area contributed by atoms with Crippen LogP contribution in [-0.4, -0.2) is 14.5 Å². The van der Waals surface area contributed by atoms with Crippen molar-refractivity contribution in [3.63, 3.8) is 0 Å². The minimum absolute atomic E-state index is 0.733. The van der Waals surface area contributed by atoms with Crippen molar-refractivity contribution in [1.82, 2.24) is 14.5 Å². The lowest BCUT2D eigenvalue weighted by Gasteiger charge is -2.15. The van der Waals surface area contributed by atoms with Gasteiger partial charge in [-0.05, 0) is 36.4 Å². The Kier molecular flexibility index (Phi) is 5.32. The Balaban J connectivity index is 1.34. The number of rotatable bonds is 3. The van der Waals surface area contributed by atoms with Crippen LogP contribution in [0.1, 0.15) is 0 Å². The zero-order valence-electron chi connectivity index (χ0n) is 23.9. The highest BCUT2D eigenvalue weighted by Gasteiger charge is 2.22. The SMILES string of the molecule is c1ccc(-c2nc(-c3ccccc3-n3c4ccccc4c4ccc5sc6ccccc6c5c43)nc3sc4ccccc4c23)cc1. The van der Waals surface area contributed by atoms with Crippen molar-refractivity contribution in [2.45, 2.75) is 0 Å². The summed E-state index contributed by atoms with van der Waals surface area (Å²) in [4.78, 5) is 11.7. The van der Waals surface area contributed by atoms with Crippen LogP contribution in [0.2, 0.25) is 0 Å². The molecule has 0 bridgehead atoms. The van der Waals surface area contributed by atoms with E-state index in [4.69, 9.17) is 9.97 Å². The minimum atomic E-state index is 0.733. The van der Waals surface area contributed by atoms with E-state index in [0.29, 0.717) is 0 Å². The van der Waals surface area contributed by atoms with Gasteiger partial charge in [-0.3, -0.25) is 0 Å². The third kappa shape index (κ3) is 3.62. The van der Waals surface area contributed by atoms with E-state index in [1.165, 1.54) is 52.1 Å². The number of aromatic nitrogens is 3. The van der Waals surface area contributed by atoms with Gasteiger partial charge in [-0.2, -0.15) is 0 Å². The van der Waals surface area contributed by atoms with Gasteiger partial charge in [-0.15, -0.1) is 22.7 Å². The van der Waals surface area contributed by atoms with E-state index in [9.17, 15) is 0 Å². The Morgan fingerprint density at radius 2 is 1.13 bits per heavy atom. The molecule has 210 valence electrons. The van der Waals surface area contributed by atoms with Crippen LogP contribution in [-0.2, 0) is 0 Å². The van der Waals surface area contributed by atoms with Crippen molar-refractivity contribution >= 4 is 85.0 Å². The molecule has 0 radical (unpaired) electrons. The van der Waals surface area contributed by atoms with Gasteiger partial charge in [-0.1, -0.05) is 103 Å². The number of thiophene rings is 2. The molecule has 10 rings (SSSR count). The van der Waals surface area contributed by atoms with E-state index in [-0.39, 0.29) is 0 Å². The van der Waals surface area contributed by atoms with Gasteiger partial charge in [0.15, 0.2) is 5.82 Å². The molecule has 10 aromatic rings. The summed E-state index contributed by atoms with van der Waals surface area (Å²) in [5.74, 6) is 0.733. The molecule has 0 amide bonds. The predicted octanol–water partition coefficient (Wildman–Crippen LogP) is 11.6. The zero-order valence-corrected chi connectivity index (χ0v) is 25.6. The van der Waals surface area contributed by atoms with Crippen molar-refractivity contribution < 1.29 is 0 Å². The summed E-state index contributed by atoms with van der Waals surface area (Å²) >= 11 is 3.59. The van der Waals surface area contributed by atoms with Crippen LogP contribution in [0, 0.1) is 0 Å². The molecule has 0 saturated heterocycles. The quantitative estimate of drug-likeness (QED) is 0.199. The van der Waals surface area contributed by atoms with E-state index < -0.39 is 0 Å². The summed E-state index contributed by atoms with van der Waals surface area (Å²) in [6.45, 7) is 0. The maximum atomic E-state index is 5.38. The average Bonchev–Trinajstić information content (AvgIpc) is 3.77. The van der Waals surface area contributed by atoms with Gasteiger partial charge in [0, 0.05) is 57.5 Å². The first-order valence-corrected chi connectivity index (χ1v) is 16.6. The molecular formula is C40H23N3S2. The van der Waals surface area contributed by atoms with Gasteiger partial charge < -0.3 is 4.57 Å². The maximum Gasteiger partial charge on any atom is 0.163 e. The normalized spacial score (nSPS) is 12.0. The Labute approximate surface area is 266 Å². The highest BCUT2D eigenvalue weighted by molar-refractivity contribution is 7.26. The van der Waals surface area contributed by atoms with Gasteiger partial charge in [0.2, 0.25) is 0 Å². The van der Waals surface area contributed by atoms with Gasteiger partial charge in [0.05, 0.1) is 22.4 Å². The van der Waals surface area contributed by atoms with E-state index in [1.54, 1.807) is 11.3 Å². The van der Waals surface area contributed by atoms with E-state index in [1.807, 2.05) is 11.3 Å². The summed E-state index contributed by atoms with van der Waals surface area (Å²) in [7, 11) is 0. The van der Waals surface area contributed by atoms with Crippen LogP contribution in [0.4, 0.5) is 0 Å². The van der Waals surface area contributed by atoms with Gasteiger partial charge in [0.1, 0.15) is 4.83 Å². The van der Waals surface area contributed by atoms with Gasteiger partial charge in [-0.25, -0.2) is 9.97 Å². The van der Waals surface area contributed by atoms with Crippen molar-refractivity contribution in [3.05, 3.63) is 140 Å². The molecule has 0 spiro atoms. The molecule has 0 saturated carbocycles. The molecule has 0 fully saturated rings. The predicted molar refractivity (Wildman–Crippen MR) is 193 cm³/mol. The topological polar surface area (TPSA) is 30.7 Å². The smallest absolute Gasteiger partial charge is 0.163 e. The second kappa shape index (κ2) is 9.57. The van der Waals surface area contributed by atoms with Crippen LogP contribution in [0.15, 0.2) is 140 Å². The molecule has 4 aromatic heterocycles. The lowest BCUT2D eigenvalue weighted by Crippen LogP contribution is -2.00. The van der Waals surface area contributed by atoms with Crippen molar-refractivity contribution in [1.29, 1.82) is 0 Å². The fourth-order valence-corrected chi connectivity index (χ4v) is 9.11. The fourth-order valence-electron chi connectivity index (χ4n) is 6.92. The highest BCUT2D eigenvalue weighted by atomic mass is 32.1. The van der Waals surface area contributed by atoms with Crippen molar-refractivity contribution in [2.24, 2.45) is 0 Å². The summed E-state index contributed by atoms with van der Waals surface area (Å²) in [5, 5.41) is 7.40. The van der Waals surface area contributed by atoms with Crippen LogP contribution < -0.4 is 0 Å². The van der Waals surface area contributed by atoms with Crippen molar-refractivity contribution in [3.8, 4) is 28.3 Å². The molecule has 3 nitrogen and oxygen atoms in total. The number of fused-ring (bicyclic) bond motifs is 10. The zero-order chi connectivity index (χ0) is 29.5. The average molecular weight is 610 g/mol. The van der Waals surface area contributed by atoms with E-state index in [2.05, 4.69) is 144 Å². The molecule has 0 aliphatic carbocycles. The van der Waals surface area contributed by atoms with Crippen molar-refractivity contribution in [2.75, 3.05) is 0 Å². The van der Waals surface area contributed by atoms with Gasteiger partial charge in [0.25, 0.3) is 0 Å². The molecule has 0 aliphatic rings. The Morgan fingerprint density at radius 3 is 1.98 bits per heavy atom. The van der Waals surface area contributed by atoms with Crippen LogP contribution in [0.3, 0.4) is 0 Å². The second-order valence-electron chi connectivity index (χ2n) is 11.3. The summed E-state index contributed by atoms with van der Waals surface area (Å²) in [6.07, 6.45) is 0. The third-order valence-corrected chi connectivity index (χ3v) is 11.0. The number of para-hydroxylation sites is 2. The summed E-state index contributed by atoms with van der Waals surface area (Å²) in [6, 6.07) is 49.8. The van der Waals surface area contributed by atoms with E-state index in [0.717, 1.165) is 38.5 Å². The highest BCUT2D eigenvalue weighted by Crippen LogP contribution is 2.45. The molecule has 0 N–H and O–H groups in total. The molecule has 5 heteroatoms. The van der Waals surface area contributed by atoms with E-state index >= 15 is 0 Å². The fraction of sp³-hybridized carbons (Fsp3) is 0. The third-order valence-electron chi connectivity index (χ3n) is 8.85. The number of benzene rings is 6. The maximum absolute atomic E-state index is 5.38. The first-order valence-electron chi connectivity index (χ1n) is 15.0. The molecule has 0 aliphatic heterocycles. The standard InChI is InChI=1S/C40H23N3S2/c1-2-12-24(13-3-1)37-36-29-17-7-11-21-33(29)45-40(36)42-39(41-37)27-15-5-9-19-31(27)43-30-18-8-4-14-25(30)26-22-23-34-35(38(26)43)28-16-6-10-20-32(28)44-34/h1-23H. The summed E-state index contributed by atoms with van der Waals surface area (Å²) in [5.41, 5.74) is 6.55. The first-order chi connectivity index (χ1) is 22.3. The lowest BCUT2D eigenvalue weighted by atomic mass is 10.1. The molecule has 4 heterocycles.